The molecule has 1 aromatic carbocycles. The molecule has 0 saturated heterocycles. The largest absolute Gasteiger partial charge is 0.0628 e. The van der Waals surface area contributed by atoms with E-state index >= 15 is 0 Å². The van der Waals surface area contributed by atoms with Crippen molar-refractivity contribution in [3.05, 3.63) is 41.3 Å². The van der Waals surface area contributed by atoms with Crippen LogP contribution in [0.4, 0.5) is 0 Å². The molecule has 0 amide bonds. The number of rotatable bonds is 7. The zero-order chi connectivity index (χ0) is 13.5. The van der Waals surface area contributed by atoms with Crippen molar-refractivity contribution in [3.8, 4) is 0 Å². The van der Waals surface area contributed by atoms with E-state index in [9.17, 15) is 0 Å². The third-order valence-electron chi connectivity index (χ3n) is 3.58. The maximum absolute atomic E-state index is 2.32. The summed E-state index contributed by atoms with van der Waals surface area (Å²) in [5.74, 6) is 1.57. The van der Waals surface area contributed by atoms with Gasteiger partial charge in [0.25, 0.3) is 0 Å². The standard InChI is InChI=1S/C18H29/c1-6-16-8-7-9-17(12-10-14(2)3)18(16)13-11-15(4)5/h6-9,14-15H,10-13H2,1-5H3. The van der Waals surface area contributed by atoms with Gasteiger partial charge in [-0.2, -0.15) is 0 Å². The summed E-state index contributed by atoms with van der Waals surface area (Å²) < 4.78 is 0. The minimum atomic E-state index is 0.785. The average molecular weight is 245 g/mol. The van der Waals surface area contributed by atoms with Crippen LogP contribution in [-0.2, 0) is 12.8 Å². The fourth-order valence-electron chi connectivity index (χ4n) is 2.34. The topological polar surface area (TPSA) is 0 Å². The molecule has 0 heterocycles. The smallest absolute Gasteiger partial charge is 0.0121 e. The Kier molecular flexibility index (Phi) is 6.46. The van der Waals surface area contributed by atoms with Gasteiger partial charge in [0.2, 0.25) is 0 Å². The Morgan fingerprint density at radius 2 is 1.56 bits per heavy atom. The van der Waals surface area contributed by atoms with Crippen LogP contribution in [-0.4, -0.2) is 0 Å². The second-order valence-corrected chi connectivity index (χ2v) is 6.14. The maximum Gasteiger partial charge on any atom is -0.0121 e. The lowest BCUT2D eigenvalue weighted by atomic mass is 9.90. The van der Waals surface area contributed by atoms with Crippen LogP contribution < -0.4 is 0 Å². The summed E-state index contributed by atoms with van der Waals surface area (Å²) in [5, 5.41) is 0. The highest BCUT2D eigenvalue weighted by Crippen LogP contribution is 2.22. The fraction of sp³-hybridized carbons (Fsp3) is 0.611. The van der Waals surface area contributed by atoms with Gasteiger partial charge in [-0.3, -0.25) is 0 Å². The van der Waals surface area contributed by atoms with E-state index in [-0.39, 0.29) is 0 Å². The number of aryl methyl sites for hydroxylation is 1. The minimum absolute atomic E-state index is 0.785. The molecule has 0 aliphatic heterocycles. The molecule has 0 nitrogen and oxygen atoms in total. The molecule has 0 fully saturated rings. The van der Waals surface area contributed by atoms with Gasteiger partial charge in [0.05, 0.1) is 0 Å². The Bertz CT molecular complexity index is 347. The van der Waals surface area contributed by atoms with E-state index in [2.05, 4.69) is 59.2 Å². The molecule has 0 unspecified atom stereocenters. The van der Waals surface area contributed by atoms with Crippen molar-refractivity contribution >= 4 is 0 Å². The Labute approximate surface area is 114 Å². The monoisotopic (exact) mass is 245 g/mol. The summed E-state index contributed by atoms with van der Waals surface area (Å²) in [6, 6.07) is 6.80. The molecule has 0 saturated carbocycles. The lowest BCUT2D eigenvalue weighted by Gasteiger charge is -2.16. The molecule has 0 N–H and O–H groups in total. The van der Waals surface area contributed by atoms with Crippen LogP contribution in [0.3, 0.4) is 0 Å². The van der Waals surface area contributed by atoms with E-state index in [1.54, 1.807) is 11.1 Å². The molecule has 18 heavy (non-hydrogen) atoms. The van der Waals surface area contributed by atoms with Crippen LogP contribution in [0.25, 0.3) is 0 Å². The molecule has 1 aromatic rings. The molecule has 101 valence electrons. The maximum atomic E-state index is 2.32. The predicted octanol–water partition coefficient (Wildman–Crippen LogP) is 5.44. The van der Waals surface area contributed by atoms with E-state index in [4.69, 9.17) is 0 Å². The molecule has 0 aliphatic carbocycles. The molecule has 0 aromatic heterocycles. The van der Waals surface area contributed by atoms with Gasteiger partial charge in [-0.05, 0) is 60.6 Å². The van der Waals surface area contributed by atoms with Gasteiger partial charge in [0.1, 0.15) is 0 Å². The lowest BCUT2D eigenvalue weighted by Crippen LogP contribution is -2.03. The van der Waals surface area contributed by atoms with Gasteiger partial charge < -0.3 is 0 Å². The third kappa shape index (κ3) is 4.84. The number of hydrogen-bond acceptors (Lipinski definition) is 0. The fourth-order valence-corrected chi connectivity index (χ4v) is 2.34. The van der Waals surface area contributed by atoms with Crippen molar-refractivity contribution in [2.45, 2.75) is 60.3 Å². The average Bonchev–Trinajstić information content (AvgIpc) is 2.33. The van der Waals surface area contributed by atoms with Crippen molar-refractivity contribution in [1.29, 1.82) is 0 Å². The molecule has 1 radical (unpaired) electrons. The minimum Gasteiger partial charge on any atom is -0.0628 e. The van der Waals surface area contributed by atoms with Gasteiger partial charge in [0, 0.05) is 0 Å². The van der Waals surface area contributed by atoms with Crippen molar-refractivity contribution in [2.24, 2.45) is 11.8 Å². The first-order valence-corrected chi connectivity index (χ1v) is 7.44. The number of hydrogen-bond donors (Lipinski definition) is 0. The summed E-state index contributed by atoms with van der Waals surface area (Å²) in [4.78, 5) is 0. The van der Waals surface area contributed by atoms with Crippen LogP contribution in [0.15, 0.2) is 18.2 Å². The quantitative estimate of drug-likeness (QED) is 0.600. The van der Waals surface area contributed by atoms with Crippen molar-refractivity contribution < 1.29 is 0 Å². The van der Waals surface area contributed by atoms with Crippen LogP contribution in [0.5, 0.6) is 0 Å². The van der Waals surface area contributed by atoms with Gasteiger partial charge in [-0.25, -0.2) is 0 Å². The second kappa shape index (κ2) is 7.61. The van der Waals surface area contributed by atoms with Gasteiger partial charge in [-0.1, -0.05) is 52.8 Å². The van der Waals surface area contributed by atoms with Crippen molar-refractivity contribution in [2.75, 3.05) is 0 Å². The summed E-state index contributed by atoms with van der Waals surface area (Å²) in [6.07, 6.45) is 7.30. The highest BCUT2D eigenvalue weighted by Gasteiger charge is 2.09. The predicted molar refractivity (Wildman–Crippen MR) is 81.8 cm³/mol. The zero-order valence-electron chi connectivity index (χ0n) is 12.8. The summed E-state index contributed by atoms with van der Waals surface area (Å²) in [5.41, 5.74) is 4.60. The van der Waals surface area contributed by atoms with Crippen LogP contribution in [0.1, 0.15) is 64.2 Å². The zero-order valence-corrected chi connectivity index (χ0v) is 12.8. The Hall–Kier alpha value is -0.780. The van der Waals surface area contributed by atoms with Gasteiger partial charge >= 0.3 is 0 Å². The van der Waals surface area contributed by atoms with Crippen LogP contribution >= 0.6 is 0 Å². The van der Waals surface area contributed by atoms with Gasteiger partial charge in [0.15, 0.2) is 0 Å². The summed E-state index contributed by atoms with van der Waals surface area (Å²) in [7, 11) is 0. The first kappa shape index (κ1) is 15.3. The molecule has 0 bridgehead atoms. The Morgan fingerprint density at radius 1 is 0.944 bits per heavy atom. The van der Waals surface area contributed by atoms with E-state index in [1.807, 2.05) is 0 Å². The summed E-state index contributed by atoms with van der Waals surface area (Å²) >= 11 is 0. The molecule has 0 heteroatoms. The van der Waals surface area contributed by atoms with E-state index in [0.717, 1.165) is 11.8 Å². The van der Waals surface area contributed by atoms with Crippen molar-refractivity contribution in [1.82, 2.24) is 0 Å². The van der Waals surface area contributed by atoms with E-state index in [0.29, 0.717) is 0 Å². The van der Waals surface area contributed by atoms with Gasteiger partial charge in [-0.15, -0.1) is 0 Å². The summed E-state index contributed by atoms with van der Waals surface area (Å²) in [6.45, 7) is 11.4. The first-order chi connectivity index (χ1) is 8.54. The SMILES string of the molecule is C[CH]c1cccc(CCC(C)C)c1CCC(C)C. The van der Waals surface area contributed by atoms with Crippen LogP contribution in [0, 0.1) is 18.3 Å². The number of benzene rings is 1. The van der Waals surface area contributed by atoms with E-state index < -0.39 is 0 Å². The highest BCUT2D eigenvalue weighted by molar-refractivity contribution is 5.39. The molecule has 0 aliphatic rings. The van der Waals surface area contributed by atoms with Crippen molar-refractivity contribution in [3.63, 3.8) is 0 Å². The highest BCUT2D eigenvalue weighted by atomic mass is 14.1. The Morgan fingerprint density at radius 3 is 2.11 bits per heavy atom. The Balaban J connectivity index is 2.85. The molecule has 0 spiro atoms. The molecule has 0 atom stereocenters. The lowest BCUT2D eigenvalue weighted by molar-refractivity contribution is 0.570. The van der Waals surface area contributed by atoms with E-state index in [1.165, 1.54) is 31.2 Å². The molecular formula is C18H29. The third-order valence-corrected chi connectivity index (χ3v) is 3.58. The van der Waals surface area contributed by atoms with Crippen LogP contribution in [0.2, 0.25) is 0 Å². The first-order valence-electron chi connectivity index (χ1n) is 7.44. The molecular weight excluding hydrogens is 216 g/mol. The second-order valence-electron chi connectivity index (χ2n) is 6.14. The normalized spacial score (nSPS) is 11.5. The molecule has 1 rings (SSSR count).